The van der Waals surface area contributed by atoms with Crippen molar-refractivity contribution < 1.29 is 38.9 Å². The summed E-state index contributed by atoms with van der Waals surface area (Å²) in [5.74, 6) is -3.45. The summed E-state index contributed by atoms with van der Waals surface area (Å²) in [5.41, 5.74) is -1.84. The third-order valence-corrected chi connectivity index (χ3v) is 4.39. The third-order valence-electron chi connectivity index (χ3n) is 4.39. The van der Waals surface area contributed by atoms with Crippen LogP contribution >= 0.6 is 0 Å². The molecule has 0 amide bonds. The standard InChI is InChI=1S/C15H23NO7/c1-16(2,6-4-7-17)15(14(21)22,9-13(19)20)11(10-18)12-5-3-8-23-12/h3,5,8,11,17-18H,4,6-7,9-10H2,1-2H3,(H-,19,20,21,22)/p+1. The number of furan rings is 1. The van der Waals surface area contributed by atoms with Gasteiger partial charge < -0.3 is 29.3 Å². The fourth-order valence-corrected chi connectivity index (χ4v) is 3.10. The molecular formula is C15H24NO7+. The molecule has 0 aliphatic rings. The number of aliphatic hydroxyl groups excluding tert-OH is 2. The summed E-state index contributed by atoms with van der Waals surface area (Å²) in [6.45, 7) is -0.490. The van der Waals surface area contributed by atoms with E-state index < -0.39 is 36.4 Å². The van der Waals surface area contributed by atoms with Gasteiger partial charge in [-0.3, -0.25) is 4.79 Å². The van der Waals surface area contributed by atoms with Crippen LogP contribution in [-0.4, -0.2) is 76.2 Å². The Morgan fingerprint density at radius 2 is 1.96 bits per heavy atom. The maximum Gasteiger partial charge on any atom is 0.367 e. The molecule has 2 atom stereocenters. The van der Waals surface area contributed by atoms with Gasteiger partial charge in [-0.1, -0.05) is 0 Å². The molecule has 1 heterocycles. The number of likely N-dealkylation sites (N-methyl/N-ethyl adjacent to an activating group) is 1. The smallest absolute Gasteiger partial charge is 0.367 e. The molecule has 1 rings (SSSR count). The lowest BCUT2D eigenvalue weighted by molar-refractivity contribution is -0.934. The van der Waals surface area contributed by atoms with Gasteiger partial charge in [0.1, 0.15) is 18.1 Å². The molecule has 8 nitrogen and oxygen atoms in total. The number of rotatable bonds is 10. The summed E-state index contributed by atoms with van der Waals surface area (Å²) in [7, 11) is 3.16. The van der Waals surface area contributed by atoms with Crippen molar-refractivity contribution in [2.45, 2.75) is 24.3 Å². The third kappa shape index (κ3) is 3.72. The average molecular weight is 330 g/mol. The summed E-state index contributed by atoms with van der Waals surface area (Å²) < 4.78 is 5.03. The zero-order chi connectivity index (χ0) is 17.7. The van der Waals surface area contributed by atoms with E-state index in [1.807, 2.05) is 0 Å². The zero-order valence-corrected chi connectivity index (χ0v) is 13.3. The van der Waals surface area contributed by atoms with Gasteiger partial charge in [-0.05, 0) is 12.1 Å². The molecule has 0 bridgehead atoms. The number of carbonyl (C=O) groups is 2. The van der Waals surface area contributed by atoms with Gasteiger partial charge in [0.25, 0.3) is 0 Å². The van der Waals surface area contributed by atoms with E-state index in [1.165, 1.54) is 12.3 Å². The van der Waals surface area contributed by atoms with E-state index in [1.54, 1.807) is 20.2 Å². The molecule has 0 radical (unpaired) electrons. The largest absolute Gasteiger partial charge is 0.481 e. The first-order valence-electron chi connectivity index (χ1n) is 7.26. The van der Waals surface area contributed by atoms with Gasteiger partial charge in [-0.15, -0.1) is 0 Å². The highest BCUT2D eigenvalue weighted by molar-refractivity contribution is 5.85. The first kappa shape index (κ1) is 19.1. The van der Waals surface area contributed by atoms with Crippen molar-refractivity contribution in [2.24, 2.45) is 0 Å². The molecule has 130 valence electrons. The van der Waals surface area contributed by atoms with E-state index in [9.17, 15) is 24.9 Å². The van der Waals surface area contributed by atoms with Crippen LogP contribution in [0.2, 0.25) is 0 Å². The lowest BCUT2D eigenvalue weighted by Gasteiger charge is -2.48. The van der Waals surface area contributed by atoms with Crippen LogP contribution < -0.4 is 0 Å². The number of carboxylic acids is 2. The average Bonchev–Trinajstić information content (AvgIpc) is 2.97. The topological polar surface area (TPSA) is 128 Å². The Balaban J connectivity index is 3.49. The van der Waals surface area contributed by atoms with Gasteiger partial charge in [0, 0.05) is 13.0 Å². The predicted octanol–water partition coefficient (Wildman–Crippen LogP) is 0.112. The maximum absolute atomic E-state index is 12.2. The summed E-state index contributed by atoms with van der Waals surface area (Å²) >= 11 is 0. The van der Waals surface area contributed by atoms with E-state index in [0.717, 1.165) is 0 Å². The Labute approximate surface area is 134 Å². The van der Waals surface area contributed by atoms with Crippen LogP contribution in [-0.2, 0) is 9.59 Å². The minimum Gasteiger partial charge on any atom is -0.481 e. The Bertz CT molecular complexity index is 526. The van der Waals surface area contributed by atoms with Gasteiger partial charge >= 0.3 is 11.9 Å². The van der Waals surface area contributed by atoms with Crippen molar-refractivity contribution >= 4 is 11.9 Å². The van der Waals surface area contributed by atoms with Crippen LogP contribution in [0.3, 0.4) is 0 Å². The molecule has 0 fully saturated rings. The van der Waals surface area contributed by atoms with Crippen LogP contribution in [0.25, 0.3) is 0 Å². The SMILES string of the molecule is C[N+](C)(CCCO)C(CC(=O)O)(C(=O)O)C(CO)c1ccco1. The summed E-state index contributed by atoms with van der Waals surface area (Å²) in [6.07, 6.45) is 0.962. The van der Waals surface area contributed by atoms with Gasteiger partial charge in [0.05, 0.1) is 33.5 Å². The van der Waals surface area contributed by atoms with Crippen molar-refractivity contribution in [3.63, 3.8) is 0 Å². The van der Waals surface area contributed by atoms with E-state index >= 15 is 0 Å². The Morgan fingerprint density at radius 1 is 1.30 bits per heavy atom. The number of aliphatic hydroxyl groups is 2. The number of quaternary nitrogens is 1. The number of aliphatic carboxylic acids is 2. The molecule has 0 aliphatic heterocycles. The highest BCUT2D eigenvalue weighted by atomic mass is 16.4. The monoisotopic (exact) mass is 330 g/mol. The number of hydrogen-bond donors (Lipinski definition) is 4. The van der Waals surface area contributed by atoms with Gasteiger partial charge in [0.2, 0.25) is 5.54 Å². The van der Waals surface area contributed by atoms with Crippen molar-refractivity contribution in [1.29, 1.82) is 0 Å². The molecule has 4 N–H and O–H groups in total. The second-order valence-electron chi connectivity index (χ2n) is 6.04. The fourth-order valence-electron chi connectivity index (χ4n) is 3.10. The zero-order valence-electron chi connectivity index (χ0n) is 13.3. The minimum absolute atomic E-state index is 0.144. The first-order chi connectivity index (χ1) is 10.7. The Morgan fingerprint density at radius 3 is 2.35 bits per heavy atom. The molecule has 0 saturated heterocycles. The molecule has 23 heavy (non-hydrogen) atoms. The number of hydrogen-bond acceptors (Lipinski definition) is 5. The first-order valence-corrected chi connectivity index (χ1v) is 7.26. The van der Waals surface area contributed by atoms with Crippen molar-refractivity contribution in [3.8, 4) is 0 Å². The fraction of sp³-hybridized carbons (Fsp3) is 0.600. The van der Waals surface area contributed by atoms with E-state index in [-0.39, 0.29) is 23.4 Å². The van der Waals surface area contributed by atoms with Crippen LogP contribution in [0.5, 0.6) is 0 Å². The molecule has 2 unspecified atom stereocenters. The highest BCUT2D eigenvalue weighted by Gasteiger charge is 2.60. The highest BCUT2D eigenvalue weighted by Crippen LogP contribution is 2.40. The normalized spacial score (nSPS) is 15.8. The van der Waals surface area contributed by atoms with Gasteiger partial charge in [-0.25, -0.2) is 4.79 Å². The van der Waals surface area contributed by atoms with Crippen LogP contribution in [0.1, 0.15) is 24.5 Å². The number of carboxylic acid groups (broad SMARTS) is 2. The second-order valence-corrected chi connectivity index (χ2v) is 6.04. The van der Waals surface area contributed by atoms with Crippen LogP contribution in [0.4, 0.5) is 0 Å². The lowest BCUT2D eigenvalue weighted by atomic mass is 9.76. The molecule has 1 aromatic heterocycles. The summed E-state index contributed by atoms with van der Waals surface area (Å²) in [6, 6.07) is 3.07. The minimum atomic E-state index is -1.84. The second kappa shape index (κ2) is 7.58. The molecule has 0 saturated carbocycles. The molecule has 0 aliphatic carbocycles. The van der Waals surface area contributed by atoms with Crippen molar-refractivity contribution in [3.05, 3.63) is 24.2 Å². The van der Waals surface area contributed by atoms with E-state index in [2.05, 4.69) is 0 Å². The van der Waals surface area contributed by atoms with Crippen molar-refractivity contribution in [2.75, 3.05) is 33.9 Å². The molecule has 0 aromatic carbocycles. The molecular weight excluding hydrogens is 306 g/mol. The van der Waals surface area contributed by atoms with Crippen LogP contribution in [0, 0.1) is 0 Å². The number of nitrogens with zero attached hydrogens (tertiary/aromatic N) is 1. The predicted molar refractivity (Wildman–Crippen MR) is 79.8 cm³/mol. The van der Waals surface area contributed by atoms with Gasteiger partial charge in [0.15, 0.2) is 0 Å². The van der Waals surface area contributed by atoms with E-state index in [4.69, 9.17) is 9.52 Å². The van der Waals surface area contributed by atoms with Crippen molar-refractivity contribution in [1.82, 2.24) is 0 Å². The lowest BCUT2D eigenvalue weighted by Crippen LogP contribution is -2.68. The molecule has 0 spiro atoms. The quantitative estimate of drug-likeness (QED) is 0.448. The Kier molecular flexibility index (Phi) is 6.31. The Hall–Kier alpha value is -1.90. The van der Waals surface area contributed by atoms with Gasteiger partial charge in [-0.2, -0.15) is 0 Å². The van der Waals surface area contributed by atoms with Crippen LogP contribution in [0.15, 0.2) is 22.8 Å². The maximum atomic E-state index is 12.2. The molecule has 8 heteroatoms. The van der Waals surface area contributed by atoms with E-state index in [0.29, 0.717) is 6.42 Å². The summed E-state index contributed by atoms with van der Waals surface area (Å²) in [4.78, 5) is 23.6. The molecule has 1 aromatic rings. The summed E-state index contributed by atoms with van der Waals surface area (Å²) in [5, 5.41) is 38.1.